The number of esters is 1. The average molecular weight is 292 g/mol. The Balaban J connectivity index is 1.70. The van der Waals surface area contributed by atoms with E-state index in [0.717, 1.165) is 13.1 Å². The van der Waals surface area contributed by atoms with Gasteiger partial charge in [0, 0.05) is 6.54 Å². The minimum atomic E-state index is -0.852. The molecule has 0 saturated heterocycles. The second-order valence-electron chi connectivity index (χ2n) is 4.80. The fraction of sp³-hybridized carbons (Fsp3) is 0.462. The summed E-state index contributed by atoms with van der Waals surface area (Å²) in [5.74, 6) is 0.582. The quantitative estimate of drug-likeness (QED) is 0.474. The van der Waals surface area contributed by atoms with Crippen molar-refractivity contribution >= 4 is 19.0 Å². The molecule has 0 radical (unpaired) electrons. The lowest BCUT2D eigenvalue weighted by molar-refractivity contribution is 0.0464. The maximum Gasteiger partial charge on any atom is 0.864 e. The van der Waals surface area contributed by atoms with Crippen LogP contribution in [-0.4, -0.2) is 44.4 Å². The maximum absolute atomic E-state index is 12.2. The van der Waals surface area contributed by atoms with E-state index < -0.39 is 13.3 Å². The van der Waals surface area contributed by atoms with Crippen molar-refractivity contribution in [2.24, 2.45) is 0 Å². The van der Waals surface area contributed by atoms with E-state index in [1.54, 1.807) is 0 Å². The van der Waals surface area contributed by atoms with Gasteiger partial charge in [0.2, 0.25) is 0 Å². The number of nitrogens with two attached hydrogens (primary N) is 1. The molecule has 0 amide bonds. The van der Waals surface area contributed by atoms with Crippen LogP contribution in [0.15, 0.2) is 6.07 Å². The minimum Gasteiger partial charge on any atom is -0.488 e. The van der Waals surface area contributed by atoms with E-state index in [4.69, 9.17) is 24.4 Å². The van der Waals surface area contributed by atoms with Gasteiger partial charge in [-0.1, -0.05) is 13.8 Å². The third-order valence-electron chi connectivity index (χ3n) is 3.64. The number of hydrogen-bond donors (Lipinski definition) is 1. The van der Waals surface area contributed by atoms with E-state index in [1.807, 2.05) is 0 Å². The van der Waals surface area contributed by atoms with Gasteiger partial charge in [0.15, 0.2) is 11.5 Å². The summed E-state index contributed by atoms with van der Waals surface area (Å²) in [6, 6.07) is 1.54. The maximum atomic E-state index is 12.2. The molecule has 21 heavy (non-hydrogen) atoms. The molecule has 0 aliphatic carbocycles. The smallest absolute Gasteiger partial charge is 0.488 e. The van der Waals surface area contributed by atoms with E-state index in [1.165, 1.54) is 6.07 Å². The Bertz CT molecular complexity index is 574. The van der Waals surface area contributed by atoms with Crippen molar-refractivity contribution in [3.05, 3.63) is 11.6 Å². The van der Waals surface area contributed by atoms with Crippen molar-refractivity contribution in [2.75, 3.05) is 32.0 Å². The molecule has 1 aromatic rings. The number of carbonyl (C=O) groups excluding carboxylic acids is 1. The SMILES string of the molecule is CCN(CC)CCOC(=O)c1cc2c(N)c3c1OB(O2)O3. The number of anilines is 1. The Morgan fingerprint density at radius 3 is 2.71 bits per heavy atom. The van der Waals surface area contributed by atoms with Crippen molar-refractivity contribution < 1.29 is 23.5 Å². The van der Waals surface area contributed by atoms with Crippen LogP contribution in [0.1, 0.15) is 24.2 Å². The van der Waals surface area contributed by atoms with Crippen LogP contribution in [-0.2, 0) is 4.74 Å². The molecule has 7 nitrogen and oxygen atoms in total. The Kier molecular flexibility index (Phi) is 3.54. The Labute approximate surface area is 123 Å². The van der Waals surface area contributed by atoms with Gasteiger partial charge in [-0.15, -0.1) is 0 Å². The fourth-order valence-corrected chi connectivity index (χ4v) is 2.37. The van der Waals surface area contributed by atoms with Crippen LogP contribution in [0.4, 0.5) is 5.69 Å². The first-order valence-corrected chi connectivity index (χ1v) is 7.00. The number of rotatable bonds is 6. The standard InChI is InChI=1S/C13H17BN2O5/c1-3-16(4-2)5-6-18-13(17)8-7-9-10(15)12-11(8)20-14(19-9)21-12/h7H,3-6,15H2,1-2H3. The van der Waals surface area contributed by atoms with E-state index in [2.05, 4.69) is 18.7 Å². The monoisotopic (exact) mass is 292 g/mol. The molecule has 2 N–H and O–H groups in total. The number of fused-ring (bicyclic) bond motifs is 2. The van der Waals surface area contributed by atoms with Crippen molar-refractivity contribution in [2.45, 2.75) is 13.8 Å². The molecule has 3 bridgehead atoms. The van der Waals surface area contributed by atoms with Crippen LogP contribution in [0.5, 0.6) is 17.2 Å². The van der Waals surface area contributed by atoms with Gasteiger partial charge < -0.3 is 29.3 Å². The second kappa shape index (κ2) is 5.36. The molecule has 3 rings (SSSR count). The average Bonchev–Trinajstić information content (AvgIpc) is 2.74. The van der Waals surface area contributed by atoms with Crippen LogP contribution in [0.25, 0.3) is 0 Å². The highest BCUT2D eigenvalue weighted by Gasteiger charge is 2.47. The zero-order valence-corrected chi connectivity index (χ0v) is 12.0. The zero-order valence-electron chi connectivity index (χ0n) is 12.0. The van der Waals surface area contributed by atoms with Crippen molar-refractivity contribution in [1.82, 2.24) is 4.90 Å². The highest BCUT2D eigenvalue weighted by molar-refractivity contribution is 6.43. The first-order chi connectivity index (χ1) is 10.1. The number of ether oxygens (including phenoxy) is 1. The summed E-state index contributed by atoms with van der Waals surface area (Å²) in [5.41, 5.74) is 6.46. The predicted molar refractivity (Wildman–Crippen MR) is 76.6 cm³/mol. The lowest BCUT2D eigenvalue weighted by Crippen LogP contribution is -2.33. The molecule has 0 fully saturated rings. The second-order valence-corrected chi connectivity index (χ2v) is 4.80. The third kappa shape index (κ3) is 2.35. The van der Waals surface area contributed by atoms with Gasteiger partial charge in [-0.05, 0) is 19.2 Å². The van der Waals surface area contributed by atoms with Gasteiger partial charge in [0.25, 0.3) is 0 Å². The van der Waals surface area contributed by atoms with Crippen molar-refractivity contribution in [1.29, 1.82) is 0 Å². The van der Waals surface area contributed by atoms with Gasteiger partial charge in [0.1, 0.15) is 23.6 Å². The summed E-state index contributed by atoms with van der Waals surface area (Å²) in [5, 5.41) is 0. The number of carbonyl (C=O) groups is 1. The minimum absolute atomic E-state index is 0.286. The Morgan fingerprint density at radius 1 is 1.29 bits per heavy atom. The summed E-state index contributed by atoms with van der Waals surface area (Å²) in [6.07, 6.45) is 0. The molecule has 0 atom stereocenters. The summed E-state index contributed by atoms with van der Waals surface area (Å²) >= 11 is 0. The number of nitrogens with zero attached hydrogens (tertiary/aromatic N) is 1. The molecule has 2 aliphatic heterocycles. The van der Waals surface area contributed by atoms with Gasteiger partial charge >= 0.3 is 13.3 Å². The largest absolute Gasteiger partial charge is 0.864 e. The predicted octanol–water partition coefficient (Wildman–Crippen LogP) is 0.916. The molecule has 0 unspecified atom stereocenters. The van der Waals surface area contributed by atoms with Gasteiger partial charge in [-0.3, -0.25) is 0 Å². The number of benzene rings is 1. The number of likely N-dealkylation sites (N-methyl/N-ethyl adjacent to an activating group) is 1. The molecule has 2 heterocycles. The van der Waals surface area contributed by atoms with E-state index in [9.17, 15) is 4.79 Å². The molecular formula is C13H17BN2O5. The highest BCUT2D eigenvalue weighted by Crippen LogP contribution is 2.50. The number of hydrogen-bond acceptors (Lipinski definition) is 7. The van der Waals surface area contributed by atoms with Gasteiger partial charge in [0.05, 0.1) is 0 Å². The van der Waals surface area contributed by atoms with Gasteiger partial charge in [-0.2, -0.15) is 0 Å². The lowest BCUT2D eigenvalue weighted by Gasteiger charge is -2.18. The van der Waals surface area contributed by atoms with E-state index >= 15 is 0 Å². The summed E-state index contributed by atoms with van der Waals surface area (Å²) in [7, 11) is -0.852. The molecule has 2 aliphatic rings. The number of nitrogen functional groups attached to an aromatic ring is 1. The van der Waals surface area contributed by atoms with Crippen LogP contribution in [0.2, 0.25) is 0 Å². The Hall–Kier alpha value is -2.09. The van der Waals surface area contributed by atoms with Crippen molar-refractivity contribution in [3.8, 4) is 17.2 Å². The molecule has 112 valence electrons. The van der Waals surface area contributed by atoms with Crippen LogP contribution in [0, 0.1) is 0 Å². The van der Waals surface area contributed by atoms with Crippen LogP contribution >= 0.6 is 0 Å². The zero-order chi connectivity index (χ0) is 15.0. The first kappa shape index (κ1) is 13.9. The fourth-order valence-electron chi connectivity index (χ4n) is 2.37. The summed E-state index contributed by atoms with van der Waals surface area (Å²) < 4.78 is 21.3. The molecule has 0 saturated carbocycles. The normalized spacial score (nSPS) is 14.0. The molecule has 8 heteroatoms. The molecular weight excluding hydrogens is 275 g/mol. The van der Waals surface area contributed by atoms with E-state index in [0.29, 0.717) is 36.1 Å². The third-order valence-corrected chi connectivity index (χ3v) is 3.64. The van der Waals surface area contributed by atoms with Crippen molar-refractivity contribution in [3.63, 3.8) is 0 Å². The molecule has 0 aromatic heterocycles. The lowest BCUT2D eigenvalue weighted by atomic mass is 10.1. The first-order valence-electron chi connectivity index (χ1n) is 7.00. The summed E-state index contributed by atoms with van der Waals surface area (Å²) in [4.78, 5) is 14.3. The molecule has 1 aromatic carbocycles. The van der Waals surface area contributed by atoms with Crippen LogP contribution < -0.4 is 19.7 Å². The highest BCUT2D eigenvalue weighted by atomic mass is 16.8. The topological polar surface area (TPSA) is 83.3 Å². The van der Waals surface area contributed by atoms with Crippen LogP contribution in [0.3, 0.4) is 0 Å². The van der Waals surface area contributed by atoms with E-state index in [-0.39, 0.29) is 5.56 Å². The summed E-state index contributed by atoms with van der Waals surface area (Å²) in [6.45, 7) is 6.98. The molecule has 0 spiro atoms. The van der Waals surface area contributed by atoms with Gasteiger partial charge in [-0.25, -0.2) is 4.79 Å². The Morgan fingerprint density at radius 2 is 2.00 bits per heavy atom.